The number of hydrogen-bond acceptors (Lipinski definition) is 5. The van der Waals surface area contributed by atoms with Gasteiger partial charge in [0, 0.05) is 24.0 Å². The zero-order valence-electron chi connectivity index (χ0n) is 22.5. The number of nitrogens with one attached hydrogen (secondary N) is 1. The molecule has 1 aromatic carbocycles. The van der Waals surface area contributed by atoms with Gasteiger partial charge in [-0.3, -0.25) is 4.79 Å². The average Bonchev–Trinajstić information content (AvgIpc) is 3.12. The van der Waals surface area contributed by atoms with Crippen LogP contribution in [0.25, 0.3) is 11.0 Å². The van der Waals surface area contributed by atoms with Crippen molar-refractivity contribution in [3.05, 3.63) is 46.3 Å². The normalized spacial score (nSPS) is 11.7. The summed E-state index contributed by atoms with van der Waals surface area (Å²) in [6, 6.07) is 5.95. The second-order valence-electron chi connectivity index (χ2n) is 9.91. The molecule has 2 aromatic heterocycles. The molecule has 7 nitrogen and oxygen atoms in total. The van der Waals surface area contributed by atoms with Crippen molar-refractivity contribution in [2.45, 2.75) is 80.2 Å². The molecule has 0 unspecified atom stereocenters. The fourth-order valence-corrected chi connectivity index (χ4v) is 4.47. The van der Waals surface area contributed by atoms with E-state index in [1.807, 2.05) is 50.6 Å². The monoisotopic (exact) mass is 480 g/mol. The third kappa shape index (κ3) is 6.13. The van der Waals surface area contributed by atoms with Crippen LogP contribution in [0.15, 0.2) is 18.2 Å². The number of fused-ring (bicyclic) bond motifs is 1. The van der Waals surface area contributed by atoms with Crippen molar-refractivity contribution in [1.82, 2.24) is 20.1 Å². The summed E-state index contributed by atoms with van der Waals surface area (Å²) in [5, 5.41) is 8.91. The van der Waals surface area contributed by atoms with Crippen molar-refractivity contribution in [3.8, 4) is 11.5 Å². The number of amides is 1. The number of aryl methyl sites for hydroxylation is 3. The standard InChI is InChI=1S/C28H40N4O3/c1-9-34-23-13-11-21(17-24(23)35-10-2)15-16-29-25(33)14-12-22-18(3)26-20(5)31-32(28(6,7)8)27(26)30-19(22)4/h11,13,17H,9-10,12,14-16H2,1-8H3,(H,29,33). The van der Waals surface area contributed by atoms with Crippen molar-refractivity contribution in [2.24, 2.45) is 0 Å². The maximum absolute atomic E-state index is 12.6. The molecule has 0 saturated heterocycles. The lowest BCUT2D eigenvalue weighted by molar-refractivity contribution is -0.121. The Morgan fingerprint density at radius 2 is 1.69 bits per heavy atom. The molecule has 190 valence electrons. The Balaban J connectivity index is 1.63. The van der Waals surface area contributed by atoms with Gasteiger partial charge in [0.05, 0.1) is 24.4 Å². The SMILES string of the molecule is CCOc1ccc(CCNC(=O)CCc2c(C)nc3c(c(C)nn3C(C)(C)C)c2C)cc1OCC. The number of nitrogens with zero attached hydrogens (tertiary/aromatic N) is 3. The largest absolute Gasteiger partial charge is 0.490 e. The highest BCUT2D eigenvalue weighted by Crippen LogP contribution is 2.30. The van der Waals surface area contributed by atoms with Gasteiger partial charge >= 0.3 is 0 Å². The van der Waals surface area contributed by atoms with Crippen LogP contribution in [0.2, 0.25) is 0 Å². The van der Waals surface area contributed by atoms with E-state index in [1.165, 1.54) is 5.56 Å². The van der Waals surface area contributed by atoms with Crippen molar-refractivity contribution in [3.63, 3.8) is 0 Å². The first-order chi connectivity index (χ1) is 16.6. The zero-order valence-corrected chi connectivity index (χ0v) is 22.5. The van der Waals surface area contributed by atoms with Gasteiger partial charge in [0.15, 0.2) is 17.1 Å². The smallest absolute Gasteiger partial charge is 0.220 e. The van der Waals surface area contributed by atoms with Crippen molar-refractivity contribution in [2.75, 3.05) is 19.8 Å². The molecule has 2 heterocycles. The molecule has 1 amide bonds. The lowest BCUT2D eigenvalue weighted by Crippen LogP contribution is -2.26. The minimum Gasteiger partial charge on any atom is -0.490 e. The molecule has 7 heteroatoms. The molecular weight excluding hydrogens is 440 g/mol. The topological polar surface area (TPSA) is 78.3 Å². The molecule has 3 aromatic rings. The lowest BCUT2D eigenvalue weighted by Gasteiger charge is -2.20. The highest BCUT2D eigenvalue weighted by Gasteiger charge is 2.23. The Hall–Kier alpha value is -3.09. The summed E-state index contributed by atoms with van der Waals surface area (Å²) in [4.78, 5) is 17.5. The second kappa shape index (κ2) is 11.1. The molecule has 0 atom stereocenters. The molecule has 0 spiro atoms. The van der Waals surface area contributed by atoms with Gasteiger partial charge in [0.25, 0.3) is 0 Å². The Kier molecular flexibility index (Phi) is 8.41. The second-order valence-corrected chi connectivity index (χ2v) is 9.91. The molecule has 0 fully saturated rings. The Labute approximate surface area is 209 Å². The van der Waals surface area contributed by atoms with Crippen molar-refractivity contribution >= 4 is 16.9 Å². The van der Waals surface area contributed by atoms with E-state index < -0.39 is 0 Å². The summed E-state index contributed by atoms with van der Waals surface area (Å²) in [5.74, 6) is 1.54. The number of benzene rings is 1. The summed E-state index contributed by atoms with van der Waals surface area (Å²) in [7, 11) is 0. The summed E-state index contributed by atoms with van der Waals surface area (Å²) in [6.45, 7) is 18.2. The Morgan fingerprint density at radius 3 is 2.34 bits per heavy atom. The first-order valence-corrected chi connectivity index (χ1v) is 12.6. The molecule has 0 radical (unpaired) electrons. The van der Waals surface area contributed by atoms with E-state index in [2.05, 4.69) is 33.0 Å². The maximum Gasteiger partial charge on any atom is 0.220 e. The van der Waals surface area contributed by atoms with Crippen LogP contribution < -0.4 is 14.8 Å². The van der Waals surface area contributed by atoms with Crippen LogP contribution in [-0.2, 0) is 23.2 Å². The third-order valence-corrected chi connectivity index (χ3v) is 6.16. The molecule has 0 aliphatic rings. The minimum absolute atomic E-state index is 0.0435. The summed E-state index contributed by atoms with van der Waals surface area (Å²) in [6.07, 6.45) is 1.81. The highest BCUT2D eigenvalue weighted by atomic mass is 16.5. The van der Waals surface area contributed by atoms with E-state index in [0.717, 1.165) is 51.5 Å². The van der Waals surface area contributed by atoms with Crippen LogP contribution in [0, 0.1) is 20.8 Å². The number of ether oxygens (including phenoxy) is 2. The van der Waals surface area contributed by atoms with E-state index >= 15 is 0 Å². The van der Waals surface area contributed by atoms with Gasteiger partial charge in [-0.15, -0.1) is 0 Å². The van der Waals surface area contributed by atoms with Gasteiger partial charge in [0.1, 0.15) is 0 Å². The van der Waals surface area contributed by atoms with Crippen molar-refractivity contribution < 1.29 is 14.3 Å². The molecular formula is C28H40N4O3. The van der Waals surface area contributed by atoms with Crippen LogP contribution >= 0.6 is 0 Å². The van der Waals surface area contributed by atoms with Gasteiger partial charge in [0.2, 0.25) is 5.91 Å². The minimum atomic E-state index is -0.146. The van der Waals surface area contributed by atoms with Crippen LogP contribution in [-0.4, -0.2) is 40.4 Å². The van der Waals surface area contributed by atoms with Crippen molar-refractivity contribution in [1.29, 1.82) is 0 Å². The fraction of sp³-hybridized carbons (Fsp3) is 0.536. The molecule has 1 N–H and O–H groups in total. The highest BCUT2D eigenvalue weighted by molar-refractivity contribution is 5.84. The van der Waals surface area contributed by atoms with Crippen LogP contribution in [0.4, 0.5) is 0 Å². The predicted octanol–water partition coefficient (Wildman–Crippen LogP) is 5.20. The van der Waals surface area contributed by atoms with E-state index in [1.54, 1.807) is 0 Å². The molecule has 35 heavy (non-hydrogen) atoms. The van der Waals surface area contributed by atoms with Gasteiger partial charge in [-0.05, 0) is 97.1 Å². The van der Waals surface area contributed by atoms with E-state index in [4.69, 9.17) is 19.6 Å². The quantitative estimate of drug-likeness (QED) is 0.431. The van der Waals surface area contributed by atoms with Gasteiger partial charge < -0.3 is 14.8 Å². The first-order valence-electron chi connectivity index (χ1n) is 12.6. The summed E-state index contributed by atoms with van der Waals surface area (Å²) in [5.41, 5.74) is 6.12. The molecule has 0 aliphatic carbocycles. The van der Waals surface area contributed by atoms with Crippen LogP contribution in [0.5, 0.6) is 11.5 Å². The molecule has 3 rings (SSSR count). The maximum atomic E-state index is 12.6. The third-order valence-electron chi connectivity index (χ3n) is 6.16. The Morgan fingerprint density at radius 1 is 1.00 bits per heavy atom. The van der Waals surface area contributed by atoms with Gasteiger partial charge in [-0.2, -0.15) is 5.10 Å². The molecule has 0 bridgehead atoms. The number of hydrogen-bond donors (Lipinski definition) is 1. The number of pyridine rings is 1. The summed E-state index contributed by atoms with van der Waals surface area (Å²) < 4.78 is 13.3. The number of carbonyl (C=O) groups is 1. The van der Waals surface area contributed by atoms with Crippen LogP contribution in [0.1, 0.15) is 69.1 Å². The number of rotatable bonds is 10. The first kappa shape index (κ1) is 26.5. The lowest BCUT2D eigenvalue weighted by atomic mass is 9.99. The van der Waals surface area contributed by atoms with E-state index in [-0.39, 0.29) is 11.4 Å². The van der Waals surface area contributed by atoms with Gasteiger partial charge in [-0.1, -0.05) is 6.07 Å². The fourth-order valence-electron chi connectivity index (χ4n) is 4.47. The van der Waals surface area contributed by atoms with E-state index in [9.17, 15) is 4.79 Å². The molecule has 0 aliphatic heterocycles. The Bertz CT molecular complexity index is 1190. The van der Waals surface area contributed by atoms with Gasteiger partial charge in [-0.25, -0.2) is 9.67 Å². The predicted molar refractivity (Wildman–Crippen MR) is 141 cm³/mol. The number of carbonyl (C=O) groups excluding carboxylic acids is 1. The zero-order chi connectivity index (χ0) is 25.8. The van der Waals surface area contributed by atoms with E-state index in [0.29, 0.717) is 32.6 Å². The average molecular weight is 481 g/mol. The molecule has 0 saturated carbocycles. The summed E-state index contributed by atoms with van der Waals surface area (Å²) >= 11 is 0. The number of aromatic nitrogens is 3. The van der Waals surface area contributed by atoms with Crippen LogP contribution in [0.3, 0.4) is 0 Å².